The highest BCUT2D eigenvalue weighted by atomic mass is 16.5. The van der Waals surface area contributed by atoms with Gasteiger partial charge in [0.1, 0.15) is 5.75 Å². The molecule has 0 saturated carbocycles. The number of ether oxygens (including phenoxy) is 1. The number of hydrogen-bond donors (Lipinski definition) is 1. The van der Waals surface area contributed by atoms with Crippen LogP contribution in [0.4, 0.5) is 0 Å². The van der Waals surface area contributed by atoms with Crippen LogP contribution in [0.3, 0.4) is 0 Å². The van der Waals surface area contributed by atoms with Crippen LogP contribution in [-0.4, -0.2) is 43.6 Å². The summed E-state index contributed by atoms with van der Waals surface area (Å²) in [6, 6.07) is 14.2. The van der Waals surface area contributed by atoms with E-state index in [4.69, 9.17) is 4.74 Å². The number of amides is 1. The highest BCUT2D eigenvalue weighted by Crippen LogP contribution is 2.22. The minimum atomic E-state index is -0.436. The number of piperidine rings is 1. The van der Waals surface area contributed by atoms with E-state index < -0.39 is 6.10 Å². The molecule has 0 radical (unpaired) electrons. The number of hydrogen-bond acceptors (Lipinski definition) is 3. The second-order valence-corrected chi connectivity index (χ2v) is 7.35. The lowest BCUT2D eigenvalue weighted by Crippen LogP contribution is -2.39. The van der Waals surface area contributed by atoms with Crippen molar-refractivity contribution in [3.63, 3.8) is 0 Å². The van der Waals surface area contributed by atoms with Gasteiger partial charge in [-0.05, 0) is 74.6 Å². The van der Waals surface area contributed by atoms with E-state index in [-0.39, 0.29) is 5.91 Å². The van der Waals surface area contributed by atoms with Gasteiger partial charge in [0.25, 0.3) is 5.91 Å². The largest absolute Gasteiger partial charge is 0.481 e. The predicted octanol–water partition coefficient (Wildman–Crippen LogP) is 3.85. The molecule has 3 rings (SSSR count). The molecule has 26 heavy (non-hydrogen) atoms. The summed E-state index contributed by atoms with van der Waals surface area (Å²) >= 11 is 0. The maximum atomic E-state index is 12.5. The first kappa shape index (κ1) is 18.7. The summed E-state index contributed by atoms with van der Waals surface area (Å²) in [4.78, 5) is 14.9. The van der Waals surface area contributed by atoms with Crippen LogP contribution >= 0.6 is 0 Å². The van der Waals surface area contributed by atoms with E-state index in [9.17, 15) is 4.79 Å². The van der Waals surface area contributed by atoms with Gasteiger partial charge in [-0.25, -0.2) is 0 Å². The van der Waals surface area contributed by atoms with Crippen molar-refractivity contribution in [2.75, 3.05) is 26.7 Å². The van der Waals surface area contributed by atoms with E-state index in [0.29, 0.717) is 6.42 Å². The van der Waals surface area contributed by atoms with E-state index in [1.165, 1.54) is 31.3 Å². The lowest BCUT2D eigenvalue weighted by Gasteiger charge is -2.29. The number of nitrogens with zero attached hydrogens (tertiary/aromatic N) is 1. The van der Waals surface area contributed by atoms with Crippen molar-refractivity contribution in [1.82, 2.24) is 10.2 Å². The monoisotopic (exact) mass is 354 g/mol. The Morgan fingerprint density at radius 2 is 1.92 bits per heavy atom. The Balaban J connectivity index is 1.49. The Labute approximate surface area is 156 Å². The second-order valence-electron chi connectivity index (χ2n) is 7.35. The summed E-state index contributed by atoms with van der Waals surface area (Å²) in [6.45, 7) is 5.07. The van der Waals surface area contributed by atoms with E-state index in [2.05, 4.69) is 29.4 Å². The number of nitrogens with one attached hydrogen (secondary N) is 1. The zero-order valence-electron chi connectivity index (χ0n) is 15.9. The number of carbonyl (C=O) groups excluding carboxylic acids is 1. The quantitative estimate of drug-likeness (QED) is 0.821. The van der Waals surface area contributed by atoms with E-state index >= 15 is 0 Å². The molecule has 2 aromatic carbocycles. The molecule has 1 N–H and O–H groups in total. The Bertz CT molecular complexity index is 723. The Morgan fingerprint density at radius 3 is 2.65 bits per heavy atom. The van der Waals surface area contributed by atoms with E-state index in [1.54, 1.807) is 0 Å². The molecule has 1 aliphatic rings. The normalized spacial score (nSPS) is 17.2. The third-order valence-electron chi connectivity index (χ3n) is 5.35. The smallest absolute Gasteiger partial charge is 0.261 e. The first-order valence-corrected chi connectivity index (χ1v) is 9.77. The Morgan fingerprint density at radius 1 is 1.19 bits per heavy atom. The molecule has 1 heterocycles. The average Bonchev–Trinajstić information content (AvgIpc) is 2.67. The van der Waals surface area contributed by atoms with Crippen LogP contribution in [0.1, 0.15) is 32.6 Å². The summed E-state index contributed by atoms with van der Waals surface area (Å²) in [5.41, 5.74) is 0. The Hall–Kier alpha value is -2.07. The van der Waals surface area contributed by atoms with E-state index in [0.717, 1.165) is 30.0 Å². The van der Waals surface area contributed by atoms with Crippen LogP contribution in [-0.2, 0) is 4.79 Å². The van der Waals surface area contributed by atoms with Gasteiger partial charge in [-0.3, -0.25) is 4.79 Å². The highest BCUT2D eigenvalue weighted by molar-refractivity contribution is 5.84. The average molecular weight is 354 g/mol. The fourth-order valence-corrected chi connectivity index (χ4v) is 3.59. The van der Waals surface area contributed by atoms with Gasteiger partial charge < -0.3 is 15.0 Å². The van der Waals surface area contributed by atoms with Crippen molar-refractivity contribution < 1.29 is 9.53 Å². The van der Waals surface area contributed by atoms with Gasteiger partial charge in [0, 0.05) is 6.54 Å². The molecule has 1 unspecified atom stereocenters. The summed E-state index contributed by atoms with van der Waals surface area (Å²) in [7, 11) is 2.17. The van der Waals surface area contributed by atoms with Gasteiger partial charge >= 0.3 is 0 Å². The fraction of sp³-hybridized carbons (Fsp3) is 0.500. The first-order chi connectivity index (χ1) is 12.7. The van der Waals surface area contributed by atoms with Gasteiger partial charge in [-0.1, -0.05) is 37.3 Å². The third-order valence-corrected chi connectivity index (χ3v) is 5.35. The van der Waals surface area contributed by atoms with Crippen molar-refractivity contribution in [1.29, 1.82) is 0 Å². The van der Waals surface area contributed by atoms with Crippen LogP contribution in [0.2, 0.25) is 0 Å². The SMILES string of the molecule is CCC(Oc1ccc2ccccc2c1)C(=O)NCCC1CCN(C)CC1. The predicted molar refractivity (Wildman–Crippen MR) is 107 cm³/mol. The molecule has 1 aliphatic heterocycles. The molecule has 1 saturated heterocycles. The molecular formula is C22H30N2O2. The number of benzene rings is 2. The van der Waals surface area contributed by atoms with Crippen LogP contribution in [0.15, 0.2) is 42.5 Å². The molecule has 1 atom stereocenters. The summed E-state index contributed by atoms with van der Waals surface area (Å²) in [5.74, 6) is 1.47. The van der Waals surface area contributed by atoms with E-state index in [1.807, 2.05) is 37.3 Å². The lowest BCUT2D eigenvalue weighted by atomic mass is 9.94. The zero-order valence-corrected chi connectivity index (χ0v) is 15.9. The van der Waals surface area contributed by atoms with Crippen molar-refractivity contribution in [2.24, 2.45) is 5.92 Å². The molecule has 2 aromatic rings. The molecule has 4 nitrogen and oxygen atoms in total. The van der Waals surface area contributed by atoms with Crippen LogP contribution < -0.4 is 10.1 Å². The third kappa shape index (κ3) is 4.98. The maximum absolute atomic E-state index is 12.5. The van der Waals surface area contributed by atoms with Crippen molar-refractivity contribution in [3.05, 3.63) is 42.5 Å². The molecular weight excluding hydrogens is 324 g/mol. The van der Waals surface area contributed by atoms with Gasteiger partial charge in [0.15, 0.2) is 6.10 Å². The standard InChI is InChI=1S/C22H30N2O2/c1-3-21(22(25)23-13-10-17-11-14-24(2)15-12-17)26-20-9-8-18-6-4-5-7-19(18)16-20/h4-9,16-17,21H,3,10-15H2,1-2H3,(H,23,25). The van der Waals surface area contributed by atoms with Crippen molar-refractivity contribution in [3.8, 4) is 5.75 Å². The van der Waals surface area contributed by atoms with Crippen molar-refractivity contribution >= 4 is 16.7 Å². The fourth-order valence-electron chi connectivity index (χ4n) is 3.59. The van der Waals surface area contributed by atoms with Gasteiger partial charge in [-0.2, -0.15) is 0 Å². The minimum Gasteiger partial charge on any atom is -0.481 e. The second kappa shape index (κ2) is 9.04. The summed E-state index contributed by atoms with van der Waals surface area (Å²) in [6.07, 6.45) is 3.75. The molecule has 0 aromatic heterocycles. The maximum Gasteiger partial charge on any atom is 0.261 e. The topological polar surface area (TPSA) is 41.6 Å². The van der Waals surface area contributed by atoms with Crippen LogP contribution in [0.25, 0.3) is 10.8 Å². The number of fused-ring (bicyclic) bond motifs is 1. The number of carbonyl (C=O) groups is 1. The zero-order chi connectivity index (χ0) is 18.4. The van der Waals surface area contributed by atoms with Crippen LogP contribution in [0.5, 0.6) is 5.75 Å². The van der Waals surface area contributed by atoms with Crippen molar-refractivity contribution in [2.45, 2.75) is 38.7 Å². The lowest BCUT2D eigenvalue weighted by molar-refractivity contribution is -0.128. The van der Waals surface area contributed by atoms with Gasteiger partial charge in [-0.15, -0.1) is 0 Å². The highest BCUT2D eigenvalue weighted by Gasteiger charge is 2.20. The minimum absolute atomic E-state index is 0.00594. The summed E-state index contributed by atoms with van der Waals surface area (Å²) < 4.78 is 5.97. The molecule has 1 amide bonds. The molecule has 0 spiro atoms. The summed E-state index contributed by atoms with van der Waals surface area (Å²) in [5, 5.41) is 5.38. The molecule has 4 heteroatoms. The number of likely N-dealkylation sites (tertiary alicyclic amines) is 1. The van der Waals surface area contributed by atoms with Gasteiger partial charge in [0.2, 0.25) is 0 Å². The number of rotatable bonds is 7. The molecule has 1 fully saturated rings. The molecule has 140 valence electrons. The first-order valence-electron chi connectivity index (χ1n) is 9.77. The van der Waals surface area contributed by atoms with Crippen LogP contribution in [0, 0.1) is 5.92 Å². The molecule has 0 aliphatic carbocycles. The Kier molecular flexibility index (Phi) is 6.51. The van der Waals surface area contributed by atoms with Gasteiger partial charge in [0.05, 0.1) is 0 Å². The molecule has 0 bridgehead atoms.